The number of hydrogen-bond acceptors (Lipinski definition) is 5. The molecule has 3 rings (SSSR count). The molecular formula is C21H25N3O3S. The van der Waals surface area contributed by atoms with Gasteiger partial charge in [0.2, 0.25) is 0 Å². The van der Waals surface area contributed by atoms with Gasteiger partial charge >= 0.3 is 0 Å². The Kier molecular flexibility index (Phi) is 5.02. The van der Waals surface area contributed by atoms with Crippen molar-refractivity contribution in [3.63, 3.8) is 0 Å². The van der Waals surface area contributed by atoms with E-state index in [2.05, 4.69) is 6.07 Å². The second kappa shape index (κ2) is 7.02. The topological polar surface area (TPSA) is 96.4 Å². The zero-order valence-electron chi connectivity index (χ0n) is 16.6. The van der Waals surface area contributed by atoms with Crippen LogP contribution in [0.2, 0.25) is 0 Å². The van der Waals surface area contributed by atoms with Gasteiger partial charge in [-0.2, -0.15) is 5.26 Å². The maximum absolute atomic E-state index is 13.5. The Morgan fingerprint density at radius 1 is 1.21 bits per heavy atom. The summed E-state index contributed by atoms with van der Waals surface area (Å²) in [5, 5.41) is 9.38. The highest BCUT2D eigenvalue weighted by Gasteiger charge is 2.38. The van der Waals surface area contributed by atoms with Crippen LogP contribution in [0.3, 0.4) is 0 Å². The van der Waals surface area contributed by atoms with Crippen molar-refractivity contribution in [1.82, 2.24) is 0 Å². The molecule has 2 aromatic carbocycles. The number of rotatable bonds is 4. The van der Waals surface area contributed by atoms with Crippen molar-refractivity contribution in [3.05, 3.63) is 47.5 Å². The first-order valence-electron chi connectivity index (χ1n) is 9.11. The molecule has 1 heterocycles. The smallest absolute Gasteiger partial charge is 0.264 e. The third-order valence-corrected chi connectivity index (χ3v) is 6.78. The number of nitrogens with zero attached hydrogens (tertiary/aromatic N) is 2. The quantitative estimate of drug-likeness (QED) is 0.789. The van der Waals surface area contributed by atoms with E-state index in [1.165, 1.54) is 4.31 Å². The Hall–Kier alpha value is -2.72. The Labute approximate surface area is 166 Å². The average molecular weight is 400 g/mol. The molecule has 0 spiro atoms. The van der Waals surface area contributed by atoms with E-state index in [1.54, 1.807) is 43.3 Å². The van der Waals surface area contributed by atoms with Crippen LogP contribution in [-0.4, -0.2) is 21.1 Å². The lowest BCUT2D eigenvalue weighted by molar-refractivity contribution is 0.156. The van der Waals surface area contributed by atoms with Gasteiger partial charge in [0.15, 0.2) is 0 Å². The number of fused-ring (bicyclic) bond motifs is 1. The minimum absolute atomic E-state index is 0.124. The molecule has 0 fully saturated rings. The van der Waals surface area contributed by atoms with Gasteiger partial charge in [-0.1, -0.05) is 17.7 Å². The van der Waals surface area contributed by atoms with Crippen LogP contribution < -0.4 is 14.8 Å². The van der Waals surface area contributed by atoms with Crippen molar-refractivity contribution >= 4 is 21.4 Å². The number of anilines is 2. The molecule has 1 atom stereocenters. The summed E-state index contributed by atoms with van der Waals surface area (Å²) in [6, 6.07) is 12.4. The molecule has 0 unspecified atom stereocenters. The number of nitriles is 1. The standard InChI is InChI=1S/C21H25N3O3S/c1-14-5-7-17(8-6-14)28(25,26)24-12-16(11-21(3,4)13-22)27-19-10-9-18(23)15(2)20(19)24/h5-10,16H,11-12,23H2,1-4H3/t16-/m0/s1. The molecule has 0 saturated carbocycles. The van der Waals surface area contributed by atoms with E-state index in [-0.39, 0.29) is 11.4 Å². The molecule has 0 aromatic heterocycles. The molecule has 2 aromatic rings. The molecule has 7 heteroatoms. The number of benzene rings is 2. The van der Waals surface area contributed by atoms with Gasteiger partial charge in [-0.05, 0) is 52.0 Å². The lowest BCUT2D eigenvalue weighted by Crippen LogP contribution is -2.45. The summed E-state index contributed by atoms with van der Waals surface area (Å²) in [6.07, 6.45) is -0.0304. The molecule has 0 amide bonds. The molecule has 0 radical (unpaired) electrons. The van der Waals surface area contributed by atoms with Gasteiger partial charge in [0, 0.05) is 17.7 Å². The number of aryl methyl sites for hydroxylation is 1. The van der Waals surface area contributed by atoms with Crippen LogP contribution in [0.4, 0.5) is 11.4 Å². The van der Waals surface area contributed by atoms with E-state index in [1.807, 2.05) is 20.8 Å². The van der Waals surface area contributed by atoms with Crippen molar-refractivity contribution < 1.29 is 13.2 Å². The van der Waals surface area contributed by atoms with Crippen LogP contribution in [0.25, 0.3) is 0 Å². The van der Waals surface area contributed by atoms with Gasteiger partial charge < -0.3 is 10.5 Å². The molecule has 0 saturated heterocycles. The molecule has 1 aliphatic heterocycles. The van der Waals surface area contributed by atoms with Crippen LogP contribution in [0, 0.1) is 30.6 Å². The number of hydrogen-bond donors (Lipinski definition) is 1. The third-order valence-electron chi connectivity index (χ3n) is 5.00. The van der Waals surface area contributed by atoms with Crippen molar-refractivity contribution in [1.29, 1.82) is 5.26 Å². The monoisotopic (exact) mass is 399 g/mol. The summed E-state index contributed by atoms with van der Waals surface area (Å²) < 4.78 is 34.4. The lowest BCUT2D eigenvalue weighted by Gasteiger charge is -2.38. The highest BCUT2D eigenvalue weighted by molar-refractivity contribution is 7.92. The Balaban J connectivity index is 2.11. The number of ether oxygens (including phenoxy) is 1. The first-order valence-corrected chi connectivity index (χ1v) is 10.6. The zero-order chi connectivity index (χ0) is 20.7. The van der Waals surface area contributed by atoms with Crippen molar-refractivity contribution in [2.24, 2.45) is 5.41 Å². The van der Waals surface area contributed by atoms with E-state index in [0.717, 1.165) is 5.56 Å². The SMILES string of the molecule is Cc1ccc(S(=O)(=O)N2C[C@H](CC(C)(C)C#N)Oc3ccc(N)c(C)c32)cc1. The highest BCUT2D eigenvalue weighted by atomic mass is 32.2. The van der Waals surface area contributed by atoms with Crippen LogP contribution in [-0.2, 0) is 10.0 Å². The lowest BCUT2D eigenvalue weighted by atomic mass is 9.88. The van der Waals surface area contributed by atoms with Gasteiger partial charge in [-0.15, -0.1) is 0 Å². The van der Waals surface area contributed by atoms with Crippen LogP contribution in [0.1, 0.15) is 31.4 Å². The molecule has 2 N–H and O–H groups in total. The van der Waals surface area contributed by atoms with E-state index < -0.39 is 21.5 Å². The van der Waals surface area contributed by atoms with E-state index >= 15 is 0 Å². The summed E-state index contributed by atoms with van der Waals surface area (Å²) in [5.41, 5.74) is 8.02. The summed E-state index contributed by atoms with van der Waals surface area (Å²) in [6.45, 7) is 7.45. The average Bonchev–Trinajstić information content (AvgIpc) is 2.64. The van der Waals surface area contributed by atoms with Crippen molar-refractivity contribution in [2.75, 3.05) is 16.6 Å². The van der Waals surface area contributed by atoms with Crippen LogP contribution in [0.15, 0.2) is 41.3 Å². The summed E-state index contributed by atoms with van der Waals surface area (Å²) in [7, 11) is -3.81. The number of sulfonamides is 1. The minimum Gasteiger partial charge on any atom is -0.486 e. The van der Waals surface area contributed by atoms with E-state index in [0.29, 0.717) is 29.1 Å². The summed E-state index contributed by atoms with van der Waals surface area (Å²) in [4.78, 5) is 0.214. The van der Waals surface area contributed by atoms with Gasteiger partial charge in [0.25, 0.3) is 10.0 Å². The molecule has 148 valence electrons. The molecule has 28 heavy (non-hydrogen) atoms. The van der Waals surface area contributed by atoms with Crippen molar-refractivity contribution in [2.45, 2.75) is 45.1 Å². The fraction of sp³-hybridized carbons (Fsp3) is 0.381. The first-order chi connectivity index (χ1) is 13.0. The molecule has 1 aliphatic rings. The minimum atomic E-state index is -3.81. The second-order valence-corrected chi connectivity index (χ2v) is 9.78. The molecule has 0 bridgehead atoms. The van der Waals surface area contributed by atoms with Crippen molar-refractivity contribution in [3.8, 4) is 11.8 Å². The number of nitrogen functional groups attached to an aromatic ring is 1. The number of nitrogens with two attached hydrogens (primary N) is 1. The Morgan fingerprint density at radius 3 is 2.46 bits per heavy atom. The van der Waals surface area contributed by atoms with E-state index in [4.69, 9.17) is 10.5 Å². The largest absolute Gasteiger partial charge is 0.486 e. The highest BCUT2D eigenvalue weighted by Crippen LogP contribution is 2.43. The third kappa shape index (κ3) is 3.65. The predicted octanol–water partition coefficient (Wildman–Crippen LogP) is 3.78. The van der Waals surface area contributed by atoms with Gasteiger partial charge in [0.1, 0.15) is 11.9 Å². The predicted molar refractivity (Wildman–Crippen MR) is 110 cm³/mol. The van der Waals surface area contributed by atoms with Gasteiger partial charge in [-0.3, -0.25) is 4.31 Å². The van der Waals surface area contributed by atoms with Gasteiger partial charge in [-0.25, -0.2) is 8.42 Å². The fourth-order valence-electron chi connectivity index (χ4n) is 3.37. The summed E-state index contributed by atoms with van der Waals surface area (Å²) in [5.74, 6) is 0.465. The zero-order valence-corrected chi connectivity index (χ0v) is 17.4. The normalized spacial score (nSPS) is 16.8. The first kappa shape index (κ1) is 20.0. The van der Waals surface area contributed by atoms with E-state index in [9.17, 15) is 13.7 Å². The maximum Gasteiger partial charge on any atom is 0.264 e. The molecule has 6 nitrogen and oxygen atoms in total. The molecular weight excluding hydrogens is 374 g/mol. The maximum atomic E-state index is 13.5. The Bertz CT molecular complexity index is 1040. The van der Waals surface area contributed by atoms with Crippen LogP contribution >= 0.6 is 0 Å². The fourth-order valence-corrected chi connectivity index (χ4v) is 4.93. The summed E-state index contributed by atoms with van der Waals surface area (Å²) >= 11 is 0. The second-order valence-electron chi connectivity index (χ2n) is 7.92. The molecule has 0 aliphatic carbocycles. The Morgan fingerprint density at radius 2 is 1.86 bits per heavy atom. The van der Waals surface area contributed by atoms with Crippen LogP contribution in [0.5, 0.6) is 5.75 Å². The van der Waals surface area contributed by atoms with Gasteiger partial charge in [0.05, 0.1) is 28.6 Å².